The van der Waals surface area contributed by atoms with Crippen molar-refractivity contribution in [3.05, 3.63) is 62.6 Å². The number of piperazine rings is 1. The quantitative estimate of drug-likeness (QED) is 0.489. The minimum absolute atomic E-state index is 0.00902. The Morgan fingerprint density at radius 3 is 2.65 bits per heavy atom. The molecular formula is C22H25BrN4O4. The van der Waals surface area contributed by atoms with Gasteiger partial charge in [0.2, 0.25) is 0 Å². The molecule has 0 radical (unpaired) electrons. The molecule has 0 aromatic heterocycles. The van der Waals surface area contributed by atoms with E-state index in [2.05, 4.69) is 26.1 Å². The Morgan fingerprint density at radius 2 is 1.97 bits per heavy atom. The zero-order chi connectivity index (χ0) is 21.8. The van der Waals surface area contributed by atoms with Gasteiger partial charge in [-0.2, -0.15) is 0 Å². The maximum atomic E-state index is 12.8. The molecule has 2 aliphatic heterocycles. The Labute approximate surface area is 189 Å². The summed E-state index contributed by atoms with van der Waals surface area (Å²) >= 11 is 3.45. The lowest BCUT2D eigenvalue weighted by molar-refractivity contribution is -0.383. The van der Waals surface area contributed by atoms with Crippen LogP contribution in [0.1, 0.15) is 23.2 Å². The molecular weight excluding hydrogens is 464 g/mol. The number of ether oxygens (including phenoxy) is 1. The highest BCUT2D eigenvalue weighted by Gasteiger charge is 2.25. The molecule has 0 saturated carbocycles. The Morgan fingerprint density at radius 1 is 1.19 bits per heavy atom. The van der Waals surface area contributed by atoms with Gasteiger partial charge in [0.15, 0.2) is 0 Å². The number of carbonyl (C=O) groups is 1. The molecule has 0 aliphatic carbocycles. The van der Waals surface area contributed by atoms with Crippen LogP contribution >= 0.6 is 15.9 Å². The third kappa shape index (κ3) is 4.99. The number of benzene rings is 2. The highest BCUT2D eigenvalue weighted by atomic mass is 79.9. The Hall–Kier alpha value is -2.65. The van der Waals surface area contributed by atoms with E-state index >= 15 is 0 Å². The molecule has 9 heteroatoms. The molecule has 0 bridgehead atoms. The number of rotatable bonds is 6. The van der Waals surface area contributed by atoms with Gasteiger partial charge in [-0.1, -0.05) is 12.1 Å². The van der Waals surface area contributed by atoms with Crippen molar-refractivity contribution in [1.29, 1.82) is 0 Å². The summed E-state index contributed by atoms with van der Waals surface area (Å²) in [5.74, 6) is 0.00902. The van der Waals surface area contributed by atoms with Gasteiger partial charge in [0.1, 0.15) is 5.69 Å². The maximum absolute atomic E-state index is 12.8. The normalized spacial score (nSPS) is 18.8. The second-order valence-electron chi connectivity index (χ2n) is 7.73. The topological polar surface area (TPSA) is 88.0 Å². The van der Waals surface area contributed by atoms with Gasteiger partial charge in [-0.3, -0.25) is 14.9 Å². The highest BCUT2D eigenvalue weighted by Crippen LogP contribution is 2.31. The van der Waals surface area contributed by atoms with Crippen LogP contribution in [0.2, 0.25) is 0 Å². The molecule has 4 rings (SSSR count). The van der Waals surface area contributed by atoms with E-state index in [1.807, 2.05) is 35.2 Å². The SMILES string of the molecule is O=C(c1ccccc1Br)N1CCN(c2ccc([N+](=O)[O-])c(NC[C@@H]3CCCO3)c2)CC1. The Balaban J connectivity index is 1.42. The van der Waals surface area contributed by atoms with Crippen LogP contribution in [-0.4, -0.2) is 61.2 Å². The number of carbonyl (C=O) groups excluding carboxylic acids is 1. The summed E-state index contributed by atoms with van der Waals surface area (Å²) in [4.78, 5) is 27.9. The molecule has 2 fully saturated rings. The molecule has 2 aliphatic rings. The highest BCUT2D eigenvalue weighted by molar-refractivity contribution is 9.10. The van der Waals surface area contributed by atoms with E-state index in [1.165, 1.54) is 0 Å². The number of hydrogen-bond donors (Lipinski definition) is 1. The fourth-order valence-electron chi connectivity index (χ4n) is 4.02. The number of anilines is 2. The second-order valence-corrected chi connectivity index (χ2v) is 8.59. The lowest BCUT2D eigenvalue weighted by atomic mass is 10.1. The number of amides is 1. The standard InChI is InChI=1S/C22H25BrN4O4/c23-19-6-2-1-5-18(19)22(28)26-11-9-25(10-12-26)16-7-8-21(27(29)30)20(14-16)24-15-17-4-3-13-31-17/h1-2,5-8,14,17,24H,3-4,9-13,15H2/t17-/m0/s1. The predicted octanol–water partition coefficient (Wildman–Crippen LogP) is 3.91. The minimum Gasteiger partial charge on any atom is -0.377 e. The Kier molecular flexibility index (Phi) is 6.72. The van der Waals surface area contributed by atoms with Crippen molar-refractivity contribution in [1.82, 2.24) is 4.90 Å². The monoisotopic (exact) mass is 488 g/mol. The average Bonchev–Trinajstić information content (AvgIpc) is 3.31. The molecule has 31 heavy (non-hydrogen) atoms. The molecule has 1 atom stereocenters. The van der Waals surface area contributed by atoms with Gasteiger partial charge in [0, 0.05) is 55.6 Å². The zero-order valence-corrected chi connectivity index (χ0v) is 18.7. The van der Waals surface area contributed by atoms with Crippen LogP contribution < -0.4 is 10.2 Å². The van der Waals surface area contributed by atoms with E-state index in [9.17, 15) is 14.9 Å². The first-order chi connectivity index (χ1) is 15.0. The van der Waals surface area contributed by atoms with Crippen molar-refractivity contribution < 1.29 is 14.5 Å². The van der Waals surface area contributed by atoms with Crippen LogP contribution in [0.5, 0.6) is 0 Å². The summed E-state index contributed by atoms with van der Waals surface area (Å²) in [6.45, 7) is 3.82. The fourth-order valence-corrected chi connectivity index (χ4v) is 4.48. The van der Waals surface area contributed by atoms with E-state index in [0.29, 0.717) is 44.0 Å². The predicted molar refractivity (Wildman–Crippen MR) is 123 cm³/mol. The van der Waals surface area contributed by atoms with Crippen molar-refractivity contribution in [3.63, 3.8) is 0 Å². The minimum atomic E-state index is -0.365. The largest absolute Gasteiger partial charge is 0.377 e. The number of nitrogens with one attached hydrogen (secondary N) is 1. The summed E-state index contributed by atoms with van der Waals surface area (Å²) in [5, 5.41) is 14.7. The smallest absolute Gasteiger partial charge is 0.292 e. The third-order valence-corrected chi connectivity index (χ3v) is 6.45. The Bertz CT molecular complexity index is 956. The van der Waals surface area contributed by atoms with Crippen LogP contribution in [0, 0.1) is 10.1 Å². The molecule has 0 unspecified atom stereocenters. The van der Waals surface area contributed by atoms with Crippen LogP contribution in [0.25, 0.3) is 0 Å². The molecule has 2 saturated heterocycles. The van der Waals surface area contributed by atoms with Crippen LogP contribution in [0.4, 0.5) is 17.1 Å². The van der Waals surface area contributed by atoms with Crippen molar-refractivity contribution in [3.8, 4) is 0 Å². The fraction of sp³-hybridized carbons (Fsp3) is 0.409. The number of nitro groups is 1. The van der Waals surface area contributed by atoms with E-state index in [1.54, 1.807) is 12.1 Å². The van der Waals surface area contributed by atoms with Gasteiger partial charge in [-0.15, -0.1) is 0 Å². The van der Waals surface area contributed by atoms with Gasteiger partial charge in [0.05, 0.1) is 16.6 Å². The van der Waals surface area contributed by atoms with Gasteiger partial charge in [0.25, 0.3) is 11.6 Å². The molecule has 1 N–H and O–H groups in total. The van der Waals surface area contributed by atoms with Gasteiger partial charge < -0.3 is 19.9 Å². The number of hydrogen-bond acceptors (Lipinski definition) is 6. The summed E-state index contributed by atoms with van der Waals surface area (Å²) in [5.41, 5.74) is 2.13. The van der Waals surface area contributed by atoms with Crippen molar-refractivity contribution in [2.45, 2.75) is 18.9 Å². The average molecular weight is 489 g/mol. The first-order valence-corrected chi connectivity index (χ1v) is 11.2. The van der Waals surface area contributed by atoms with E-state index in [0.717, 1.165) is 29.6 Å². The second kappa shape index (κ2) is 9.65. The molecule has 164 valence electrons. The number of halogens is 1. The lowest BCUT2D eigenvalue weighted by Gasteiger charge is -2.36. The van der Waals surface area contributed by atoms with E-state index in [4.69, 9.17) is 4.74 Å². The van der Waals surface area contributed by atoms with Crippen LogP contribution in [-0.2, 0) is 4.74 Å². The molecule has 8 nitrogen and oxygen atoms in total. The molecule has 2 aromatic rings. The number of nitro benzene ring substituents is 1. The van der Waals surface area contributed by atoms with Gasteiger partial charge in [-0.25, -0.2) is 0 Å². The first-order valence-electron chi connectivity index (χ1n) is 10.5. The van der Waals surface area contributed by atoms with Crippen LogP contribution in [0.15, 0.2) is 46.9 Å². The van der Waals surface area contributed by atoms with Gasteiger partial charge >= 0.3 is 0 Å². The molecule has 2 heterocycles. The third-order valence-electron chi connectivity index (χ3n) is 5.76. The summed E-state index contributed by atoms with van der Waals surface area (Å²) < 4.78 is 6.41. The van der Waals surface area contributed by atoms with Crippen molar-refractivity contribution in [2.75, 3.05) is 49.5 Å². The lowest BCUT2D eigenvalue weighted by Crippen LogP contribution is -2.48. The van der Waals surface area contributed by atoms with Crippen molar-refractivity contribution in [2.24, 2.45) is 0 Å². The zero-order valence-electron chi connectivity index (χ0n) is 17.1. The molecule has 2 aromatic carbocycles. The molecule has 1 amide bonds. The summed E-state index contributed by atoms with van der Waals surface area (Å²) in [7, 11) is 0. The molecule has 0 spiro atoms. The van der Waals surface area contributed by atoms with E-state index < -0.39 is 0 Å². The first kappa shape index (κ1) is 21.6. The number of nitrogens with zero attached hydrogens (tertiary/aromatic N) is 3. The van der Waals surface area contributed by atoms with Crippen LogP contribution in [0.3, 0.4) is 0 Å². The van der Waals surface area contributed by atoms with Crippen molar-refractivity contribution >= 4 is 38.9 Å². The summed E-state index contributed by atoms with van der Waals surface area (Å²) in [6, 6.07) is 12.6. The van der Waals surface area contributed by atoms with E-state index in [-0.39, 0.29) is 22.6 Å². The van der Waals surface area contributed by atoms with Gasteiger partial charge in [-0.05, 0) is 53.0 Å². The maximum Gasteiger partial charge on any atom is 0.292 e. The summed E-state index contributed by atoms with van der Waals surface area (Å²) in [6.07, 6.45) is 2.08.